The molecule has 0 saturated heterocycles. The van der Waals surface area contributed by atoms with Gasteiger partial charge in [-0.1, -0.05) is 40.9 Å². The number of halogens is 3. The van der Waals surface area contributed by atoms with E-state index in [1.165, 1.54) is 32.2 Å². The fourth-order valence-corrected chi connectivity index (χ4v) is 2.83. The van der Waals surface area contributed by atoms with Crippen LogP contribution in [-0.4, -0.2) is 25.1 Å². The summed E-state index contributed by atoms with van der Waals surface area (Å²) in [7, 11) is 1.49. The molecule has 1 atom stereocenters. The van der Waals surface area contributed by atoms with Gasteiger partial charge in [0.1, 0.15) is 5.75 Å². The van der Waals surface area contributed by atoms with E-state index in [4.69, 9.17) is 44.3 Å². The van der Waals surface area contributed by atoms with E-state index in [2.05, 4.69) is 5.32 Å². The molecule has 5 nitrogen and oxygen atoms in total. The summed E-state index contributed by atoms with van der Waals surface area (Å²) < 4.78 is 10.2. The number of ether oxygens (including phenoxy) is 2. The summed E-state index contributed by atoms with van der Waals surface area (Å²) >= 11 is 17.8. The first-order chi connectivity index (χ1) is 11.8. The molecule has 0 spiro atoms. The summed E-state index contributed by atoms with van der Waals surface area (Å²) in [6.45, 7) is 1.44. The molecule has 2 rings (SSSR count). The van der Waals surface area contributed by atoms with Crippen LogP contribution in [0.15, 0.2) is 36.4 Å². The maximum Gasteiger partial charge on any atom is 0.339 e. The highest BCUT2D eigenvalue weighted by Crippen LogP contribution is 2.33. The van der Waals surface area contributed by atoms with Gasteiger partial charge in [0.15, 0.2) is 6.10 Å². The van der Waals surface area contributed by atoms with Gasteiger partial charge in [-0.05, 0) is 37.3 Å². The van der Waals surface area contributed by atoms with Gasteiger partial charge in [0, 0.05) is 5.02 Å². The zero-order chi connectivity index (χ0) is 18.6. The number of carbonyl (C=O) groups is 2. The standard InChI is InChI=1S/C17H14Cl3NO4/c1-9(25-17(23)10-4-3-5-12(6-10)24-2)16(22)21-15-13(19)7-11(18)8-14(15)20/h3-9H,1-2H3,(H,21,22)/t9-/m1/s1. The molecule has 8 heteroatoms. The second-order valence-corrected chi connectivity index (χ2v) is 6.26. The van der Waals surface area contributed by atoms with Crippen molar-refractivity contribution in [3.8, 4) is 5.75 Å². The van der Waals surface area contributed by atoms with Gasteiger partial charge in [-0.2, -0.15) is 0 Å². The molecule has 2 aromatic carbocycles. The lowest BCUT2D eigenvalue weighted by Crippen LogP contribution is -2.30. The Labute approximate surface area is 159 Å². The SMILES string of the molecule is COc1cccc(C(=O)O[C@H](C)C(=O)Nc2c(Cl)cc(Cl)cc2Cl)c1. The highest BCUT2D eigenvalue weighted by atomic mass is 35.5. The monoisotopic (exact) mass is 401 g/mol. The van der Waals surface area contributed by atoms with Gasteiger partial charge in [0.25, 0.3) is 5.91 Å². The number of carbonyl (C=O) groups excluding carboxylic acids is 2. The molecule has 0 radical (unpaired) electrons. The minimum Gasteiger partial charge on any atom is -0.497 e. The number of nitrogens with one attached hydrogen (secondary N) is 1. The number of hydrogen-bond donors (Lipinski definition) is 1. The van der Waals surface area contributed by atoms with E-state index >= 15 is 0 Å². The summed E-state index contributed by atoms with van der Waals surface area (Å²) in [5.74, 6) is -0.733. The van der Waals surface area contributed by atoms with Crippen LogP contribution in [0.1, 0.15) is 17.3 Å². The average molecular weight is 403 g/mol. The predicted molar refractivity (Wildman–Crippen MR) is 98.0 cm³/mol. The van der Waals surface area contributed by atoms with Crippen LogP contribution in [0.5, 0.6) is 5.75 Å². The number of methoxy groups -OCH3 is 1. The summed E-state index contributed by atoms with van der Waals surface area (Å²) in [4.78, 5) is 24.4. The van der Waals surface area contributed by atoms with E-state index in [0.29, 0.717) is 10.8 Å². The van der Waals surface area contributed by atoms with Gasteiger partial charge in [0.05, 0.1) is 28.4 Å². The van der Waals surface area contributed by atoms with Gasteiger partial charge >= 0.3 is 5.97 Å². The second kappa shape index (κ2) is 8.43. The Morgan fingerprint density at radius 3 is 2.32 bits per heavy atom. The van der Waals surface area contributed by atoms with E-state index in [9.17, 15) is 9.59 Å². The number of amides is 1. The molecule has 0 unspecified atom stereocenters. The number of rotatable bonds is 5. The Balaban J connectivity index is 2.06. The Hall–Kier alpha value is -1.95. The van der Waals surface area contributed by atoms with Crippen LogP contribution in [0.25, 0.3) is 0 Å². The first-order valence-electron chi connectivity index (χ1n) is 7.12. The summed E-state index contributed by atoms with van der Waals surface area (Å²) in [5.41, 5.74) is 0.462. The molecule has 0 bridgehead atoms. The predicted octanol–water partition coefficient (Wildman–Crippen LogP) is 4.84. The summed E-state index contributed by atoms with van der Waals surface area (Å²) in [5, 5.41) is 3.22. The first-order valence-corrected chi connectivity index (χ1v) is 8.25. The topological polar surface area (TPSA) is 64.6 Å². The molecular formula is C17H14Cl3NO4. The van der Waals surface area contributed by atoms with Crippen LogP contribution in [0.3, 0.4) is 0 Å². The van der Waals surface area contributed by atoms with Crippen LogP contribution >= 0.6 is 34.8 Å². The smallest absolute Gasteiger partial charge is 0.339 e. The van der Waals surface area contributed by atoms with E-state index in [1.807, 2.05) is 0 Å². The molecular weight excluding hydrogens is 389 g/mol. The lowest BCUT2D eigenvalue weighted by atomic mass is 10.2. The largest absolute Gasteiger partial charge is 0.497 e. The average Bonchev–Trinajstić information content (AvgIpc) is 2.57. The molecule has 0 saturated carbocycles. The Bertz CT molecular complexity index is 787. The van der Waals surface area contributed by atoms with Crippen molar-refractivity contribution in [3.05, 3.63) is 57.0 Å². The third-order valence-electron chi connectivity index (χ3n) is 3.21. The lowest BCUT2D eigenvalue weighted by molar-refractivity contribution is -0.123. The number of anilines is 1. The van der Waals surface area contributed by atoms with Crippen LogP contribution in [0.2, 0.25) is 15.1 Å². The maximum atomic E-state index is 12.2. The van der Waals surface area contributed by atoms with Crippen molar-refractivity contribution in [3.63, 3.8) is 0 Å². The molecule has 0 aromatic heterocycles. The van der Waals surface area contributed by atoms with Crippen molar-refractivity contribution in [2.45, 2.75) is 13.0 Å². The quantitative estimate of drug-likeness (QED) is 0.727. The minimum absolute atomic E-state index is 0.178. The van der Waals surface area contributed by atoms with Crippen LogP contribution in [0.4, 0.5) is 5.69 Å². The van der Waals surface area contributed by atoms with Crippen molar-refractivity contribution < 1.29 is 19.1 Å². The molecule has 0 fully saturated rings. The first kappa shape index (κ1) is 19.4. The summed E-state index contributed by atoms with van der Waals surface area (Å²) in [6, 6.07) is 9.29. The van der Waals surface area contributed by atoms with E-state index < -0.39 is 18.0 Å². The fourth-order valence-electron chi connectivity index (χ4n) is 1.92. The van der Waals surface area contributed by atoms with E-state index in [-0.39, 0.29) is 21.3 Å². The molecule has 25 heavy (non-hydrogen) atoms. The number of esters is 1. The van der Waals surface area contributed by atoms with Crippen LogP contribution in [-0.2, 0) is 9.53 Å². The van der Waals surface area contributed by atoms with Gasteiger partial charge < -0.3 is 14.8 Å². The second-order valence-electron chi connectivity index (χ2n) is 5.01. The molecule has 1 N–H and O–H groups in total. The zero-order valence-electron chi connectivity index (χ0n) is 13.3. The molecule has 0 heterocycles. The minimum atomic E-state index is -1.07. The van der Waals surface area contributed by atoms with E-state index in [1.54, 1.807) is 18.2 Å². The third-order valence-corrected chi connectivity index (χ3v) is 4.03. The van der Waals surface area contributed by atoms with Crippen LogP contribution < -0.4 is 10.1 Å². The molecule has 132 valence electrons. The van der Waals surface area contributed by atoms with Crippen molar-refractivity contribution >= 4 is 52.4 Å². The molecule has 0 aliphatic heterocycles. The van der Waals surface area contributed by atoms with Gasteiger partial charge in [-0.25, -0.2) is 4.79 Å². The summed E-state index contributed by atoms with van der Waals surface area (Å²) in [6.07, 6.45) is -1.07. The highest BCUT2D eigenvalue weighted by molar-refractivity contribution is 6.42. The number of benzene rings is 2. The van der Waals surface area contributed by atoms with Gasteiger partial charge in [0.2, 0.25) is 0 Å². The normalized spacial score (nSPS) is 11.6. The van der Waals surface area contributed by atoms with Gasteiger partial charge in [-0.15, -0.1) is 0 Å². The van der Waals surface area contributed by atoms with Crippen molar-refractivity contribution in [2.75, 3.05) is 12.4 Å². The van der Waals surface area contributed by atoms with Crippen molar-refractivity contribution in [1.29, 1.82) is 0 Å². The Morgan fingerprint density at radius 2 is 1.72 bits per heavy atom. The number of hydrogen-bond acceptors (Lipinski definition) is 4. The Kier molecular flexibility index (Phi) is 6.53. The van der Waals surface area contributed by atoms with Crippen LogP contribution in [0, 0.1) is 0 Å². The molecule has 2 aromatic rings. The molecule has 1 amide bonds. The zero-order valence-corrected chi connectivity index (χ0v) is 15.6. The van der Waals surface area contributed by atoms with Gasteiger partial charge in [-0.3, -0.25) is 4.79 Å². The van der Waals surface area contributed by atoms with Crippen molar-refractivity contribution in [1.82, 2.24) is 0 Å². The molecule has 0 aliphatic carbocycles. The third kappa shape index (κ3) is 5.01. The van der Waals surface area contributed by atoms with E-state index in [0.717, 1.165) is 0 Å². The lowest BCUT2D eigenvalue weighted by Gasteiger charge is -2.15. The Morgan fingerprint density at radius 1 is 1.08 bits per heavy atom. The molecule has 0 aliphatic rings. The fraction of sp³-hybridized carbons (Fsp3) is 0.176. The van der Waals surface area contributed by atoms with Crippen molar-refractivity contribution in [2.24, 2.45) is 0 Å². The maximum absolute atomic E-state index is 12.2. The highest BCUT2D eigenvalue weighted by Gasteiger charge is 2.21.